The van der Waals surface area contributed by atoms with Crippen LogP contribution in [0.3, 0.4) is 0 Å². The van der Waals surface area contributed by atoms with Crippen LogP contribution in [0.25, 0.3) is 0 Å². The van der Waals surface area contributed by atoms with Gasteiger partial charge in [0.15, 0.2) is 5.60 Å². The van der Waals surface area contributed by atoms with Crippen molar-refractivity contribution in [3.8, 4) is 5.75 Å². The van der Waals surface area contributed by atoms with E-state index < -0.39 is 5.60 Å². The molecule has 0 spiro atoms. The van der Waals surface area contributed by atoms with Crippen LogP contribution < -0.4 is 10.1 Å². The molecule has 2 aliphatic carbocycles. The fourth-order valence-corrected chi connectivity index (χ4v) is 6.53. The summed E-state index contributed by atoms with van der Waals surface area (Å²) >= 11 is 0. The van der Waals surface area contributed by atoms with Gasteiger partial charge in [-0.15, -0.1) is 0 Å². The molecule has 2 saturated carbocycles. The number of nitrogens with one attached hydrogen (secondary N) is 1. The van der Waals surface area contributed by atoms with Crippen molar-refractivity contribution in [1.82, 2.24) is 10.2 Å². The summed E-state index contributed by atoms with van der Waals surface area (Å²) in [5, 5.41) is 15.3. The van der Waals surface area contributed by atoms with Gasteiger partial charge in [-0.25, -0.2) is 0 Å². The third-order valence-electron chi connectivity index (χ3n) is 8.28. The van der Waals surface area contributed by atoms with E-state index in [1.807, 2.05) is 24.3 Å². The molecule has 3 aliphatic rings. The number of fused-ring (bicyclic) bond motifs is 2. The Morgan fingerprint density at radius 2 is 1.64 bits per heavy atom. The molecule has 0 aromatic heterocycles. The van der Waals surface area contributed by atoms with E-state index in [0.29, 0.717) is 17.4 Å². The molecule has 2 aromatic rings. The minimum atomic E-state index is -1.48. The molecule has 2 N–H and O–H groups in total. The Kier molecular flexibility index (Phi) is 6.44. The van der Waals surface area contributed by atoms with Gasteiger partial charge in [0.1, 0.15) is 5.75 Å². The predicted molar refractivity (Wildman–Crippen MR) is 129 cm³/mol. The van der Waals surface area contributed by atoms with Crippen LogP contribution >= 0.6 is 0 Å². The van der Waals surface area contributed by atoms with Crippen molar-refractivity contribution >= 4 is 5.91 Å². The molecule has 5 rings (SSSR count). The van der Waals surface area contributed by atoms with Gasteiger partial charge in [-0.05, 0) is 60.8 Å². The molecule has 1 aliphatic heterocycles. The number of hydrogen-bond acceptors (Lipinski definition) is 4. The second-order valence-corrected chi connectivity index (χ2v) is 10.3. The van der Waals surface area contributed by atoms with E-state index in [0.717, 1.165) is 63.9 Å². The maximum atomic E-state index is 13.8. The van der Waals surface area contributed by atoms with Crippen LogP contribution in [-0.2, 0) is 16.9 Å². The van der Waals surface area contributed by atoms with Gasteiger partial charge >= 0.3 is 0 Å². The van der Waals surface area contributed by atoms with Gasteiger partial charge in [-0.3, -0.25) is 9.69 Å². The molecule has 1 heterocycles. The standard InChI is InChI=1S/C28H36N2O3/c1-33-25-15-13-24(14-16-25)28(32,23-9-5-6-10-23)27(31)29-26-21-11-12-22(26)19-30(18-21)17-20-7-3-2-4-8-20/h2-4,7-8,13-16,21-23,26,32H,5-6,9-12,17-19H2,1H3,(H,29,31). The number of nitrogens with zero attached hydrogens (tertiary/aromatic N) is 1. The largest absolute Gasteiger partial charge is 0.497 e. The molecule has 1 saturated heterocycles. The molecule has 176 valence electrons. The lowest BCUT2D eigenvalue weighted by Gasteiger charge is -2.41. The van der Waals surface area contributed by atoms with Gasteiger partial charge in [-0.2, -0.15) is 0 Å². The van der Waals surface area contributed by atoms with E-state index in [-0.39, 0.29) is 17.9 Å². The second kappa shape index (κ2) is 9.47. The van der Waals surface area contributed by atoms with Crippen molar-refractivity contribution in [2.75, 3.05) is 20.2 Å². The second-order valence-electron chi connectivity index (χ2n) is 10.3. The Morgan fingerprint density at radius 1 is 1.00 bits per heavy atom. The average Bonchev–Trinajstić information content (AvgIpc) is 3.46. The first-order chi connectivity index (χ1) is 16.1. The van der Waals surface area contributed by atoms with Gasteiger partial charge in [0, 0.05) is 31.6 Å². The monoisotopic (exact) mass is 448 g/mol. The number of aliphatic hydroxyl groups is 1. The molecule has 5 nitrogen and oxygen atoms in total. The van der Waals surface area contributed by atoms with E-state index in [9.17, 15) is 9.90 Å². The number of carbonyl (C=O) groups excluding carboxylic acids is 1. The molecule has 3 fully saturated rings. The average molecular weight is 449 g/mol. The summed E-state index contributed by atoms with van der Waals surface area (Å²) in [7, 11) is 1.63. The van der Waals surface area contributed by atoms with Crippen LogP contribution in [0.2, 0.25) is 0 Å². The highest BCUT2D eigenvalue weighted by atomic mass is 16.5. The van der Waals surface area contributed by atoms with E-state index in [4.69, 9.17) is 4.74 Å². The molecule has 0 radical (unpaired) electrons. The van der Waals surface area contributed by atoms with E-state index in [1.54, 1.807) is 7.11 Å². The normalized spacial score (nSPS) is 27.3. The van der Waals surface area contributed by atoms with E-state index in [1.165, 1.54) is 5.56 Å². The molecule has 1 amide bonds. The van der Waals surface area contributed by atoms with Crippen molar-refractivity contribution in [1.29, 1.82) is 0 Å². The zero-order valence-corrected chi connectivity index (χ0v) is 19.6. The van der Waals surface area contributed by atoms with Crippen molar-refractivity contribution in [3.05, 3.63) is 65.7 Å². The Balaban J connectivity index is 1.31. The van der Waals surface area contributed by atoms with Crippen LogP contribution in [0.1, 0.15) is 49.7 Å². The first-order valence-electron chi connectivity index (χ1n) is 12.5. The van der Waals surface area contributed by atoms with Crippen molar-refractivity contribution in [3.63, 3.8) is 0 Å². The number of piperidine rings is 1. The van der Waals surface area contributed by atoms with Crippen LogP contribution in [0, 0.1) is 17.8 Å². The summed E-state index contributed by atoms with van der Waals surface area (Å²) in [5.74, 6) is 1.37. The summed E-state index contributed by atoms with van der Waals surface area (Å²) in [6.45, 7) is 2.97. The number of ether oxygens (including phenoxy) is 1. The van der Waals surface area contributed by atoms with Gasteiger partial charge in [0.05, 0.1) is 7.11 Å². The molecule has 33 heavy (non-hydrogen) atoms. The molecular formula is C28H36N2O3. The maximum Gasteiger partial charge on any atom is 0.257 e. The molecular weight excluding hydrogens is 412 g/mol. The fourth-order valence-electron chi connectivity index (χ4n) is 6.53. The number of rotatable bonds is 7. The molecule has 3 unspecified atom stereocenters. The third-order valence-corrected chi connectivity index (χ3v) is 8.28. The van der Waals surface area contributed by atoms with Gasteiger partial charge in [0.25, 0.3) is 5.91 Å². The van der Waals surface area contributed by atoms with Gasteiger partial charge in [0.2, 0.25) is 0 Å². The van der Waals surface area contributed by atoms with Gasteiger partial charge < -0.3 is 15.2 Å². The molecule has 3 atom stereocenters. The quantitative estimate of drug-likeness (QED) is 0.670. The number of amides is 1. The third kappa shape index (κ3) is 4.41. The summed E-state index contributed by atoms with van der Waals surface area (Å²) in [5.41, 5.74) is 0.541. The topological polar surface area (TPSA) is 61.8 Å². The van der Waals surface area contributed by atoms with E-state index in [2.05, 4.69) is 40.5 Å². The van der Waals surface area contributed by atoms with Gasteiger partial charge in [-0.1, -0.05) is 55.3 Å². The van der Waals surface area contributed by atoms with Crippen LogP contribution in [-0.4, -0.2) is 42.2 Å². The lowest BCUT2D eigenvalue weighted by Crippen LogP contribution is -2.57. The Hall–Kier alpha value is -2.37. The maximum absolute atomic E-state index is 13.8. The van der Waals surface area contributed by atoms with Crippen molar-refractivity contribution in [2.45, 2.75) is 56.7 Å². The minimum Gasteiger partial charge on any atom is -0.497 e. The number of methoxy groups -OCH3 is 1. The summed E-state index contributed by atoms with van der Waals surface area (Å²) in [6.07, 6.45) is 6.20. The molecule has 2 aromatic carbocycles. The number of hydrogen-bond donors (Lipinski definition) is 2. The Labute approximate surface area is 197 Å². The first-order valence-corrected chi connectivity index (χ1v) is 12.5. The van der Waals surface area contributed by atoms with Crippen LogP contribution in [0.15, 0.2) is 54.6 Å². The van der Waals surface area contributed by atoms with Crippen molar-refractivity contribution < 1.29 is 14.6 Å². The Bertz CT molecular complexity index is 927. The highest BCUT2D eigenvalue weighted by Crippen LogP contribution is 2.43. The zero-order valence-electron chi connectivity index (χ0n) is 19.6. The van der Waals surface area contributed by atoms with E-state index >= 15 is 0 Å². The smallest absolute Gasteiger partial charge is 0.257 e. The van der Waals surface area contributed by atoms with Crippen molar-refractivity contribution in [2.24, 2.45) is 17.8 Å². The van der Waals surface area contributed by atoms with Crippen LogP contribution in [0.4, 0.5) is 0 Å². The lowest BCUT2D eigenvalue weighted by atomic mass is 9.78. The lowest BCUT2D eigenvalue weighted by molar-refractivity contribution is -0.149. The predicted octanol–water partition coefficient (Wildman–Crippen LogP) is 4.10. The SMILES string of the molecule is COc1ccc(C(O)(C(=O)NC2C3CCC2CN(Cc2ccccc2)C3)C2CCCC2)cc1. The molecule has 2 bridgehead atoms. The number of benzene rings is 2. The number of carbonyl (C=O) groups is 1. The fraction of sp³-hybridized carbons (Fsp3) is 0.536. The van der Waals surface area contributed by atoms with Crippen LogP contribution in [0.5, 0.6) is 5.75 Å². The molecule has 5 heteroatoms. The highest BCUT2D eigenvalue weighted by molar-refractivity contribution is 5.87. The summed E-state index contributed by atoms with van der Waals surface area (Å²) in [6, 6.07) is 18.2. The Morgan fingerprint density at radius 3 is 2.24 bits per heavy atom. The number of likely N-dealkylation sites (tertiary alicyclic amines) is 1. The zero-order chi connectivity index (χ0) is 22.8. The highest BCUT2D eigenvalue weighted by Gasteiger charge is 2.50. The first kappa shape index (κ1) is 22.4. The summed E-state index contributed by atoms with van der Waals surface area (Å²) < 4.78 is 5.29. The minimum absolute atomic E-state index is 0.0401. The summed E-state index contributed by atoms with van der Waals surface area (Å²) in [4.78, 5) is 16.3.